The number of aryl methyl sites for hydroxylation is 1. The predicted octanol–water partition coefficient (Wildman–Crippen LogP) is 3.11. The second-order valence-corrected chi connectivity index (χ2v) is 7.38. The Bertz CT molecular complexity index is 872. The van der Waals surface area contributed by atoms with E-state index in [-0.39, 0.29) is 5.56 Å². The number of aromatic nitrogens is 3. The van der Waals surface area contributed by atoms with Gasteiger partial charge in [-0.2, -0.15) is 9.61 Å². The van der Waals surface area contributed by atoms with E-state index in [0.717, 1.165) is 28.1 Å². The number of nitrogens with zero attached hydrogens (tertiary/aromatic N) is 4. The van der Waals surface area contributed by atoms with Crippen LogP contribution in [0.5, 0.6) is 0 Å². The van der Waals surface area contributed by atoms with Crippen molar-refractivity contribution in [3.05, 3.63) is 61.4 Å². The van der Waals surface area contributed by atoms with Gasteiger partial charge in [0.05, 0.1) is 5.69 Å². The topological polar surface area (TPSA) is 50.5 Å². The molecule has 23 heavy (non-hydrogen) atoms. The molecule has 1 aromatic carbocycles. The second kappa shape index (κ2) is 6.90. The van der Waals surface area contributed by atoms with E-state index in [2.05, 4.69) is 43.0 Å². The number of benzene rings is 1. The van der Waals surface area contributed by atoms with Crippen LogP contribution in [0, 0.1) is 0 Å². The zero-order valence-electron chi connectivity index (χ0n) is 13.0. The Labute approximate surface area is 146 Å². The highest BCUT2D eigenvalue weighted by atomic mass is 79.9. The zero-order valence-corrected chi connectivity index (χ0v) is 15.4. The van der Waals surface area contributed by atoms with E-state index in [1.807, 2.05) is 26.1 Å². The summed E-state index contributed by atoms with van der Waals surface area (Å²) >= 11 is 4.91. The van der Waals surface area contributed by atoms with Gasteiger partial charge in [-0.3, -0.25) is 9.69 Å². The molecule has 0 fully saturated rings. The van der Waals surface area contributed by atoms with Crippen molar-refractivity contribution in [1.82, 2.24) is 19.5 Å². The molecule has 5 nitrogen and oxygen atoms in total. The third-order valence-corrected chi connectivity index (χ3v) is 5.02. The molecule has 3 aromatic rings. The Morgan fingerprint density at radius 2 is 2.00 bits per heavy atom. The molecule has 0 aliphatic heterocycles. The summed E-state index contributed by atoms with van der Waals surface area (Å²) < 4.78 is 2.46. The lowest BCUT2D eigenvalue weighted by Gasteiger charge is -2.16. The van der Waals surface area contributed by atoms with Crippen LogP contribution in [0.25, 0.3) is 4.96 Å². The van der Waals surface area contributed by atoms with Crippen molar-refractivity contribution < 1.29 is 0 Å². The number of rotatable bonds is 5. The molecule has 0 aliphatic carbocycles. The summed E-state index contributed by atoms with van der Waals surface area (Å²) in [5, 5.41) is 5.20. The first-order valence-corrected chi connectivity index (χ1v) is 8.98. The summed E-state index contributed by atoms with van der Waals surface area (Å²) in [6.45, 7) is 3.45. The predicted molar refractivity (Wildman–Crippen MR) is 95.8 cm³/mol. The maximum absolute atomic E-state index is 12.1. The minimum atomic E-state index is -0.113. The van der Waals surface area contributed by atoms with Crippen molar-refractivity contribution in [3.63, 3.8) is 0 Å². The van der Waals surface area contributed by atoms with Crippen LogP contribution in [-0.4, -0.2) is 26.5 Å². The Kier molecular flexibility index (Phi) is 4.89. The number of hydrogen-bond donors (Lipinski definition) is 0. The molecule has 2 aromatic heterocycles. The molecule has 0 N–H and O–H groups in total. The molecule has 120 valence electrons. The highest BCUT2D eigenvalue weighted by Gasteiger charge is 2.10. The molecule has 2 heterocycles. The molecule has 0 aliphatic rings. The lowest BCUT2D eigenvalue weighted by Crippen LogP contribution is -2.21. The van der Waals surface area contributed by atoms with Gasteiger partial charge in [-0.15, -0.1) is 0 Å². The highest BCUT2D eigenvalue weighted by molar-refractivity contribution is 9.10. The normalized spacial score (nSPS) is 11.5. The SMILES string of the molecule is CCc1nn2c(=O)cc(CN(C)Cc3ccc(Br)cc3)nc2s1. The van der Waals surface area contributed by atoms with Gasteiger partial charge in [0.1, 0.15) is 5.01 Å². The largest absolute Gasteiger partial charge is 0.296 e. The molecule has 7 heteroatoms. The minimum absolute atomic E-state index is 0.113. The number of hydrogen-bond acceptors (Lipinski definition) is 5. The van der Waals surface area contributed by atoms with Crippen LogP contribution in [0.3, 0.4) is 0 Å². The van der Waals surface area contributed by atoms with Gasteiger partial charge < -0.3 is 0 Å². The van der Waals surface area contributed by atoms with E-state index in [0.29, 0.717) is 11.5 Å². The van der Waals surface area contributed by atoms with Gasteiger partial charge in [-0.25, -0.2) is 4.98 Å². The van der Waals surface area contributed by atoms with Crippen LogP contribution in [0.2, 0.25) is 0 Å². The average Bonchev–Trinajstić information content (AvgIpc) is 2.93. The lowest BCUT2D eigenvalue weighted by molar-refractivity contribution is 0.315. The number of fused-ring (bicyclic) bond motifs is 1. The summed E-state index contributed by atoms with van der Waals surface area (Å²) in [4.78, 5) is 19.5. The van der Waals surface area contributed by atoms with E-state index in [9.17, 15) is 4.79 Å². The van der Waals surface area contributed by atoms with Gasteiger partial charge in [0.15, 0.2) is 0 Å². The van der Waals surface area contributed by atoms with E-state index in [1.165, 1.54) is 21.4 Å². The third-order valence-electron chi connectivity index (χ3n) is 3.44. The monoisotopic (exact) mass is 392 g/mol. The van der Waals surface area contributed by atoms with Crippen LogP contribution < -0.4 is 5.56 Å². The van der Waals surface area contributed by atoms with Crippen LogP contribution in [0.4, 0.5) is 0 Å². The van der Waals surface area contributed by atoms with Gasteiger partial charge in [0.2, 0.25) is 4.96 Å². The van der Waals surface area contributed by atoms with E-state index in [4.69, 9.17) is 0 Å². The quantitative estimate of drug-likeness (QED) is 0.669. The Morgan fingerprint density at radius 3 is 2.70 bits per heavy atom. The lowest BCUT2D eigenvalue weighted by atomic mass is 10.2. The van der Waals surface area contributed by atoms with Crippen LogP contribution in [0.1, 0.15) is 23.2 Å². The molecule has 0 bridgehead atoms. The molecule has 0 spiro atoms. The van der Waals surface area contributed by atoms with Crippen LogP contribution in [0.15, 0.2) is 39.6 Å². The summed E-state index contributed by atoms with van der Waals surface area (Å²) in [5.41, 5.74) is 1.89. The van der Waals surface area contributed by atoms with E-state index >= 15 is 0 Å². The van der Waals surface area contributed by atoms with Crippen molar-refractivity contribution in [2.75, 3.05) is 7.05 Å². The Morgan fingerprint density at radius 1 is 1.26 bits per heavy atom. The van der Waals surface area contributed by atoms with Crippen molar-refractivity contribution in [3.8, 4) is 0 Å². The molecular weight excluding hydrogens is 376 g/mol. The molecule has 0 radical (unpaired) electrons. The first kappa shape index (κ1) is 16.3. The van der Waals surface area contributed by atoms with Gasteiger partial charge in [-0.1, -0.05) is 46.3 Å². The van der Waals surface area contributed by atoms with E-state index < -0.39 is 0 Å². The average molecular weight is 393 g/mol. The highest BCUT2D eigenvalue weighted by Crippen LogP contribution is 2.14. The van der Waals surface area contributed by atoms with Gasteiger partial charge in [0, 0.05) is 23.6 Å². The zero-order chi connectivity index (χ0) is 16.4. The van der Waals surface area contributed by atoms with Gasteiger partial charge in [-0.05, 0) is 31.2 Å². The smallest absolute Gasteiger partial charge is 0.275 e. The van der Waals surface area contributed by atoms with Crippen molar-refractivity contribution in [1.29, 1.82) is 0 Å². The van der Waals surface area contributed by atoms with Crippen molar-refractivity contribution in [2.24, 2.45) is 0 Å². The summed E-state index contributed by atoms with van der Waals surface area (Å²) in [5.74, 6) is 0. The van der Waals surface area contributed by atoms with Gasteiger partial charge >= 0.3 is 0 Å². The standard InChI is InChI=1S/C16H17BrN4OS/c1-3-14-19-21-15(22)8-13(18-16(21)23-14)10-20(2)9-11-4-6-12(17)7-5-11/h4-8H,3,9-10H2,1-2H3. The van der Waals surface area contributed by atoms with Crippen molar-refractivity contribution >= 4 is 32.2 Å². The van der Waals surface area contributed by atoms with E-state index in [1.54, 1.807) is 6.07 Å². The summed E-state index contributed by atoms with van der Waals surface area (Å²) in [7, 11) is 2.02. The maximum atomic E-state index is 12.1. The molecule has 0 saturated carbocycles. The first-order valence-electron chi connectivity index (χ1n) is 7.37. The molecule has 3 rings (SSSR count). The third kappa shape index (κ3) is 3.85. The summed E-state index contributed by atoms with van der Waals surface area (Å²) in [6, 6.07) is 9.81. The fourth-order valence-electron chi connectivity index (χ4n) is 2.35. The molecule has 0 unspecified atom stereocenters. The maximum Gasteiger partial charge on any atom is 0.275 e. The summed E-state index contributed by atoms with van der Waals surface area (Å²) in [6.07, 6.45) is 0.812. The minimum Gasteiger partial charge on any atom is -0.296 e. The van der Waals surface area contributed by atoms with Gasteiger partial charge in [0.25, 0.3) is 5.56 Å². The number of halogens is 1. The fourth-order valence-corrected chi connectivity index (χ4v) is 3.48. The second-order valence-electron chi connectivity index (χ2n) is 5.43. The molecular formula is C16H17BrN4OS. The van der Waals surface area contributed by atoms with Crippen LogP contribution in [-0.2, 0) is 19.5 Å². The Hall–Kier alpha value is -1.57. The van der Waals surface area contributed by atoms with Crippen LogP contribution >= 0.6 is 27.3 Å². The fraction of sp³-hybridized carbons (Fsp3) is 0.312. The van der Waals surface area contributed by atoms with Crippen molar-refractivity contribution in [2.45, 2.75) is 26.4 Å². The Balaban J connectivity index is 1.77. The molecule has 0 saturated heterocycles. The first-order chi connectivity index (χ1) is 11.0. The molecule has 0 atom stereocenters. The molecule has 0 amide bonds.